The Bertz CT molecular complexity index is 286. The first-order valence-electron chi connectivity index (χ1n) is 5.43. The van der Waals surface area contributed by atoms with Crippen LogP contribution in [0, 0.1) is 5.92 Å². The molecule has 0 aromatic carbocycles. The summed E-state index contributed by atoms with van der Waals surface area (Å²) in [5, 5.41) is 2.61. The van der Waals surface area contributed by atoms with Crippen LogP contribution in [0.15, 0.2) is 0 Å². The fourth-order valence-electron chi connectivity index (χ4n) is 1.28. The number of nitrogens with one attached hydrogen (secondary N) is 1. The molecule has 0 fully saturated rings. The first-order chi connectivity index (χ1) is 7.78. The van der Waals surface area contributed by atoms with E-state index in [4.69, 9.17) is 10.5 Å². The van der Waals surface area contributed by atoms with Crippen LogP contribution in [-0.2, 0) is 19.1 Å². The molecule has 0 radical (unpaired) electrons. The molecule has 1 amide bonds. The minimum absolute atomic E-state index is 0. The lowest BCUT2D eigenvalue weighted by atomic mass is 9.99. The van der Waals surface area contributed by atoms with Gasteiger partial charge in [0.25, 0.3) is 0 Å². The van der Waals surface area contributed by atoms with Crippen molar-refractivity contribution in [1.29, 1.82) is 0 Å². The van der Waals surface area contributed by atoms with Crippen LogP contribution in [0.3, 0.4) is 0 Å². The van der Waals surface area contributed by atoms with Crippen molar-refractivity contribution >= 4 is 24.3 Å². The van der Waals surface area contributed by atoms with Crippen LogP contribution in [0.1, 0.15) is 20.8 Å². The van der Waals surface area contributed by atoms with Crippen LogP contribution in [0.4, 0.5) is 0 Å². The summed E-state index contributed by atoms with van der Waals surface area (Å²) in [6.45, 7) is 5.02. The van der Waals surface area contributed by atoms with Gasteiger partial charge in [-0.25, -0.2) is 4.79 Å². The summed E-state index contributed by atoms with van der Waals surface area (Å²) in [5.74, 6) is -1.25. The summed E-state index contributed by atoms with van der Waals surface area (Å²) in [4.78, 5) is 23.4. The predicted octanol–water partition coefficient (Wildman–Crippen LogP) is 0.0858. The van der Waals surface area contributed by atoms with E-state index in [2.05, 4.69) is 10.1 Å². The van der Waals surface area contributed by atoms with Gasteiger partial charge in [0, 0.05) is 19.1 Å². The zero-order valence-electron chi connectivity index (χ0n) is 11.5. The second kappa shape index (κ2) is 8.29. The summed E-state index contributed by atoms with van der Waals surface area (Å²) in [6.07, 6.45) is 0. The molecule has 18 heavy (non-hydrogen) atoms. The molecule has 0 aliphatic rings. The Kier molecular flexibility index (Phi) is 8.97. The summed E-state index contributed by atoms with van der Waals surface area (Å²) in [5.41, 5.74) is 4.44. The Labute approximate surface area is 114 Å². The highest BCUT2D eigenvalue weighted by Crippen LogP contribution is 2.10. The van der Waals surface area contributed by atoms with Gasteiger partial charge in [0.2, 0.25) is 5.91 Å². The lowest BCUT2D eigenvalue weighted by Crippen LogP contribution is -2.58. The van der Waals surface area contributed by atoms with Crippen LogP contribution < -0.4 is 11.1 Å². The average molecular weight is 283 g/mol. The molecule has 0 aromatic heterocycles. The molecular formula is C11H23ClN2O4. The second-order valence-corrected chi connectivity index (χ2v) is 4.39. The van der Waals surface area contributed by atoms with Gasteiger partial charge >= 0.3 is 5.97 Å². The molecule has 0 aliphatic heterocycles. The molecule has 0 aliphatic carbocycles. The molecule has 6 nitrogen and oxygen atoms in total. The van der Waals surface area contributed by atoms with Crippen molar-refractivity contribution in [3.05, 3.63) is 0 Å². The minimum Gasteiger partial charge on any atom is -0.467 e. The van der Waals surface area contributed by atoms with Gasteiger partial charge in [-0.2, -0.15) is 0 Å². The maximum atomic E-state index is 11.8. The maximum Gasteiger partial charge on any atom is 0.333 e. The first kappa shape index (κ1) is 19.5. The van der Waals surface area contributed by atoms with Crippen molar-refractivity contribution in [2.45, 2.75) is 32.4 Å². The Morgan fingerprint density at radius 1 is 1.33 bits per heavy atom. The number of rotatable bonds is 6. The minimum atomic E-state index is -1.19. The standard InChI is InChI=1S/C11H22N2O4.ClH/c1-7(8(2)12)9(14)13-11(3,6-16-4)10(15)17-5;/h7-8H,6,12H2,1-5H3,(H,13,14);1H. The third-order valence-corrected chi connectivity index (χ3v) is 2.67. The van der Waals surface area contributed by atoms with Gasteiger partial charge in [-0.15, -0.1) is 12.4 Å². The second-order valence-electron chi connectivity index (χ2n) is 4.39. The Balaban J connectivity index is 0. The van der Waals surface area contributed by atoms with Crippen molar-refractivity contribution in [1.82, 2.24) is 5.32 Å². The summed E-state index contributed by atoms with van der Waals surface area (Å²) in [7, 11) is 2.71. The topological polar surface area (TPSA) is 90.6 Å². The van der Waals surface area contributed by atoms with Crippen molar-refractivity contribution in [3.63, 3.8) is 0 Å². The summed E-state index contributed by atoms with van der Waals surface area (Å²) >= 11 is 0. The van der Waals surface area contributed by atoms with Crippen LogP contribution >= 0.6 is 12.4 Å². The highest BCUT2D eigenvalue weighted by molar-refractivity contribution is 5.89. The van der Waals surface area contributed by atoms with Crippen molar-refractivity contribution < 1.29 is 19.1 Å². The molecule has 0 saturated carbocycles. The predicted molar refractivity (Wildman–Crippen MR) is 70.5 cm³/mol. The van der Waals surface area contributed by atoms with Gasteiger partial charge in [0.15, 0.2) is 5.54 Å². The molecular weight excluding hydrogens is 260 g/mol. The van der Waals surface area contributed by atoms with E-state index in [1.807, 2.05) is 0 Å². The number of halogens is 1. The molecule has 0 heterocycles. The molecule has 3 N–H and O–H groups in total. The van der Waals surface area contributed by atoms with E-state index in [1.165, 1.54) is 14.2 Å². The molecule has 7 heteroatoms. The van der Waals surface area contributed by atoms with Crippen LogP contribution in [-0.4, -0.2) is 44.3 Å². The monoisotopic (exact) mass is 282 g/mol. The fraction of sp³-hybridized carbons (Fsp3) is 0.818. The van der Waals surface area contributed by atoms with E-state index < -0.39 is 17.4 Å². The van der Waals surface area contributed by atoms with E-state index in [9.17, 15) is 9.59 Å². The van der Waals surface area contributed by atoms with Crippen molar-refractivity contribution in [2.75, 3.05) is 20.8 Å². The fourth-order valence-corrected chi connectivity index (χ4v) is 1.28. The number of carbonyl (C=O) groups is 2. The van der Waals surface area contributed by atoms with Crippen molar-refractivity contribution in [3.8, 4) is 0 Å². The molecule has 0 bridgehead atoms. The van der Waals surface area contributed by atoms with E-state index in [0.717, 1.165) is 0 Å². The molecule has 0 saturated heterocycles. The number of esters is 1. The molecule has 0 rings (SSSR count). The summed E-state index contributed by atoms with van der Waals surface area (Å²) in [6, 6.07) is -0.292. The number of methoxy groups -OCH3 is 2. The van der Waals surface area contributed by atoms with Gasteiger partial charge in [0.05, 0.1) is 13.7 Å². The van der Waals surface area contributed by atoms with Crippen LogP contribution in [0.5, 0.6) is 0 Å². The Morgan fingerprint density at radius 3 is 2.17 bits per heavy atom. The van der Waals surface area contributed by atoms with Gasteiger partial charge in [-0.1, -0.05) is 6.92 Å². The van der Waals surface area contributed by atoms with E-state index in [0.29, 0.717) is 0 Å². The first-order valence-corrected chi connectivity index (χ1v) is 5.43. The average Bonchev–Trinajstić information content (AvgIpc) is 2.26. The molecule has 0 aromatic rings. The number of amides is 1. The van der Waals surface area contributed by atoms with Gasteiger partial charge in [-0.05, 0) is 13.8 Å². The van der Waals surface area contributed by atoms with Crippen LogP contribution in [0.25, 0.3) is 0 Å². The third kappa shape index (κ3) is 5.20. The number of hydrogen-bond donors (Lipinski definition) is 2. The Hall–Kier alpha value is -0.850. The largest absolute Gasteiger partial charge is 0.467 e. The normalized spacial score (nSPS) is 16.8. The highest BCUT2D eigenvalue weighted by Gasteiger charge is 2.37. The zero-order chi connectivity index (χ0) is 13.6. The molecule has 108 valence electrons. The number of nitrogens with two attached hydrogens (primary N) is 1. The highest BCUT2D eigenvalue weighted by atomic mass is 35.5. The van der Waals surface area contributed by atoms with Gasteiger partial charge < -0.3 is 20.5 Å². The molecule has 0 spiro atoms. The van der Waals surface area contributed by atoms with Gasteiger partial charge in [-0.3, -0.25) is 4.79 Å². The SMILES string of the molecule is COCC(C)(NC(=O)C(C)C(C)N)C(=O)OC.Cl. The quantitative estimate of drug-likeness (QED) is 0.674. The van der Waals surface area contributed by atoms with E-state index in [1.54, 1.807) is 20.8 Å². The maximum absolute atomic E-state index is 11.8. The smallest absolute Gasteiger partial charge is 0.333 e. The van der Waals surface area contributed by atoms with Crippen LogP contribution in [0.2, 0.25) is 0 Å². The molecule has 3 unspecified atom stereocenters. The lowest BCUT2D eigenvalue weighted by molar-refractivity contribution is -0.153. The Morgan fingerprint density at radius 2 is 1.83 bits per heavy atom. The van der Waals surface area contributed by atoms with E-state index >= 15 is 0 Å². The number of ether oxygens (including phenoxy) is 2. The van der Waals surface area contributed by atoms with Crippen molar-refractivity contribution in [2.24, 2.45) is 11.7 Å². The van der Waals surface area contributed by atoms with Gasteiger partial charge in [0.1, 0.15) is 0 Å². The lowest BCUT2D eigenvalue weighted by Gasteiger charge is -2.29. The number of carbonyl (C=O) groups excluding carboxylic acids is 2. The molecule has 3 atom stereocenters. The number of hydrogen-bond acceptors (Lipinski definition) is 5. The summed E-state index contributed by atoms with van der Waals surface area (Å²) < 4.78 is 9.57. The zero-order valence-corrected chi connectivity index (χ0v) is 12.3. The van der Waals surface area contributed by atoms with E-state index in [-0.39, 0.29) is 31.0 Å². The third-order valence-electron chi connectivity index (χ3n) is 2.67.